The predicted molar refractivity (Wildman–Crippen MR) is 116 cm³/mol. The maximum Gasteiger partial charge on any atom is 0.255 e. The molecule has 3 amide bonds. The van der Waals surface area contributed by atoms with E-state index in [4.69, 9.17) is 9.47 Å². The Morgan fingerprint density at radius 3 is 2.58 bits per heavy atom. The number of rotatable bonds is 5. The quantitative estimate of drug-likeness (QED) is 0.589. The van der Waals surface area contributed by atoms with Crippen molar-refractivity contribution < 1.29 is 23.9 Å². The first kappa shape index (κ1) is 20.7. The van der Waals surface area contributed by atoms with Crippen LogP contribution in [0, 0.1) is 17.8 Å². The fourth-order valence-corrected chi connectivity index (χ4v) is 4.29. The molecule has 0 radical (unpaired) electrons. The van der Waals surface area contributed by atoms with Gasteiger partial charge in [0, 0.05) is 11.6 Å². The van der Waals surface area contributed by atoms with E-state index >= 15 is 0 Å². The van der Waals surface area contributed by atoms with E-state index in [2.05, 4.69) is 5.32 Å². The van der Waals surface area contributed by atoms with Gasteiger partial charge >= 0.3 is 0 Å². The smallest absolute Gasteiger partial charge is 0.255 e. The monoisotopic (exact) mass is 420 g/mol. The average molecular weight is 420 g/mol. The van der Waals surface area contributed by atoms with Crippen molar-refractivity contribution in [1.29, 1.82) is 0 Å². The lowest BCUT2D eigenvalue weighted by molar-refractivity contribution is -0.122. The summed E-state index contributed by atoms with van der Waals surface area (Å²) in [5.41, 5.74) is 1.18. The molecule has 0 spiro atoms. The van der Waals surface area contributed by atoms with Gasteiger partial charge in [0.25, 0.3) is 5.91 Å². The molecule has 0 saturated carbocycles. The van der Waals surface area contributed by atoms with Gasteiger partial charge in [0.1, 0.15) is 11.5 Å². The Morgan fingerprint density at radius 1 is 1.06 bits per heavy atom. The van der Waals surface area contributed by atoms with Gasteiger partial charge in [-0.15, -0.1) is 0 Å². The topological polar surface area (TPSA) is 84.9 Å². The first-order chi connectivity index (χ1) is 14.9. The van der Waals surface area contributed by atoms with E-state index in [1.54, 1.807) is 42.5 Å². The van der Waals surface area contributed by atoms with Gasteiger partial charge in [-0.05, 0) is 42.7 Å². The molecule has 160 valence electrons. The Morgan fingerprint density at radius 2 is 1.87 bits per heavy atom. The van der Waals surface area contributed by atoms with E-state index in [0.29, 0.717) is 34.9 Å². The second-order valence-corrected chi connectivity index (χ2v) is 7.74. The zero-order valence-corrected chi connectivity index (χ0v) is 17.6. The van der Waals surface area contributed by atoms with E-state index in [1.807, 2.05) is 19.1 Å². The van der Waals surface area contributed by atoms with Gasteiger partial charge < -0.3 is 14.8 Å². The molecule has 2 aromatic rings. The number of benzene rings is 2. The molecule has 31 heavy (non-hydrogen) atoms. The molecule has 4 rings (SSSR count). The van der Waals surface area contributed by atoms with Gasteiger partial charge in [-0.3, -0.25) is 19.3 Å². The normalized spacial score (nSPS) is 22.3. The van der Waals surface area contributed by atoms with Gasteiger partial charge in [0.2, 0.25) is 11.8 Å². The zero-order valence-electron chi connectivity index (χ0n) is 17.6. The minimum atomic E-state index is -0.389. The summed E-state index contributed by atoms with van der Waals surface area (Å²) in [6, 6.07) is 11.6. The molecule has 0 unspecified atom stereocenters. The van der Waals surface area contributed by atoms with Crippen molar-refractivity contribution in [3.05, 3.63) is 60.2 Å². The molecule has 2 aromatic carbocycles. The molecule has 1 saturated heterocycles. The Bertz CT molecular complexity index is 1080. The van der Waals surface area contributed by atoms with Crippen molar-refractivity contribution in [3.8, 4) is 11.5 Å². The third-order valence-corrected chi connectivity index (χ3v) is 5.89. The van der Waals surface area contributed by atoms with Crippen LogP contribution in [0.5, 0.6) is 11.5 Å². The van der Waals surface area contributed by atoms with Crippen molar-refractivity contribution in [2.45, 2.75) is 13.3 Å². The van der Waals surface area contributed by atoms with Crippen molar-refractivity contribution in [1.82, 2.24) is 0 Å². The molecule has 7 nitrogen and oxygen atoms in total. The fraction of sp³-hybridized carbons (Fsp3) is 0.292. The van der Waals surface area contributed by atoms with Gasteiger partial charge in [0.15, 0.2) is 0 Å². The SMILES string of the molecule is COc1ccc(OC)c(NC(=O)c2cccc(N3C(=O)[C@H]4[C@@H](C)C=CC[C@H]4C3=O)c2)c1. The van der Waals surface area contributed by atoms with Crippen LogP contribution < -0.4 is 19.7 Å². The van der Waals surface area contributed by atoms with Crippen LogP contribution in [-0.2, 0) is 9.59 Å². The summed E-state index contributed by atoms with van der Waals surface area (Å²) in [5, 5.41) is 2.81. The van der Waals surface area contributed by atoms with Gasteiger partial charge in [-0.2, -0.15) is 0 Å². The Kier molecular flexibility index (Phi) is 5.50. The van der Waals surface area contributed by atoms with Gasteiger partial charge in [-0.25, -0.2) is 0 Å². The van der Waals surface area contributed by atoms with Crippen molar-refractivity contribution in [2.75, 3.05) is 24.4 Å². The van der Waals surface area contributed by atoms with Crippen LogP contribution in [0.4, 0.5) is 11.4 Å². The maximum atomic E-state index is 13.0. The molecule has 2 aliphatic rings. The molecule has 1 N–H and O–H groups in total. The molecule has 1 heterocycles. The van der Waals surface area contributed by atoms with Crippen molar-refractivity contribution >= 4 is 29.1 Å². The summed E-state index contributed by atoms with van der Waals surface area (Å²) in [7, 11) is 3.05. The molecule has 1 fully saturated rings. The third kappa shape index (κ3) is 3.67. The molecule has 1 aliphatic heterocycles. The summed E-state index contributed by atoms with van der Waals surface area (Å²) in [5.74, 6) is -0.435. The van der Waals surface area contributed by atoms with Crippen LogP contribution in [-0.4, -0.2) is 31.9 Å². The summed E-state index contributed by atoms with van der Waals surface area (Å²) in [4.78, 5) is 40.1. The van der Waals surface area contributed by atoms with Crippen molar-refractivity contribution in [2.24, 2.45) is 17.8 Å². The first-order valence-corrected chi connectivity index (χ1v) is 10.1. The van der Waals surface area contributed by atoms with E-state index < -0.39 is 0 Å². The molecule has 0 bridgehead atoms. The second kappa shape index (κ2) is 8.26. The molecule has 3 atom stereocenters. The number of hydrogen-bond donors (Lipinski definition) is 1. The molecule has 1 aliphatic carbocycles. The van der Waals surface area contributed by atoms with Crippen LogP contribution in [0.25, 0.3) is 0 Å². The highest BCUT2D eigenvalue weighted by atomic mass is 16.5. The van der Waals surface area contributed by atoms with E-state index in [-0.39, 0.29) is 35.5 Å². The number of amides is 3. The van der Waals surface area contributed by atoms with Crippen LogP contribution in [0.15, 0.2) is 54.6 Å². The zero-order chi connectivity index (χ0) is 22.1. The minimum Gasteiger partial charge on any atom is -0.497 e. The van der Waals surface area contributed by atoms with Crippen LogP contribution in [0.1, 0.15) is 23.7 Å². The van der Waals surface area contributed by atoms with Gasteiger partial charge in [-0.1, -0.05) is 25.1 Å². The number of nitrogens with one attached hydrogen (secondary N) is 1. The largest absolute Gasteiger partial charge is 0.497 e. The summed E-state index contributed by atoms with van der Waals surface area (Å²) < 4.78 is 10.5. The summed E-state index contributed by atoms with van der Waals surface area (Å²) in [6.07, 6.45) is 4.51. The summed E-state index contributed by atoms with van der Waals surface area (Å²) >= 11 is 0. The number of imide groups is 1. The molecular weight excluding hydrogens is 396 g/mol. The number of ether oxygens (including phenoxy) is 2. The van der Waals surface area contributed by atoms with Crippen LogP contribution >= 0.6 is 0 Å². The predicted octanol–water partition coefficient (Wildman–Crippen LogP) is 3.66. The number of allylic oxidation sites excluding steroid dienone is 2. The van der Waals surface area contributed by atoms with E-state index in [0.717, 1.165) is 0 Å². The second-order valence-electron chi connectivity index (χ2n) is 7.74. The highest BCUT2D eigenvalue weighted by Gasteiger charge is 2.50. The number of methoxy groups -OCH3 is 2. The molecular formula is C24H24N2O5. The Balaban J connectivity index is 1.60. The van der Waals surface area contributed by atoms with E-state index in [9.17, 15) is 14.4 Å². The van der Waals surface area contributed by atoms with Crippen LogP contribution in [0.3, 0.4) is 0 Å². The highest BCUT2D eigenvalue weighted by Crippen LogP contribution is 2.40. The van der Waals surface area contributed by atoms with Crippen molar-refractivity contribution in [3.63, 3.8) is 0 Å². The Labute approximate surface area is 180 Å². The number of carbonyl (C=O) groups excluding carboxylic acids is 3. The standard InChI is InChI=1S/C24H24N2O5/c1-14-6-4-9-18-21(14)24(29)26(23(18)28)16-8-5-7-15(12-16)22(27)25-19-13-17(30-2)10-11-20(19)31-3/h4-8,10-14,18,21H,9H2,1-3H3,(H,25,27)/t14-,18+,21-/m0/s1. The lowest BCUT2D eigenvalue weighted by Gasteiger charge is -2.22. The fourth-order valence-electron chi connectivity index (χ4n) is 4.29. The maximum absolute atomic E-state index is 13.0. The lowest BCUT2D eigenvalue weighted by Crippen LogP contribution is -2.31. The van der Waals surface area contributed by atoms with E-state index in [1.165, 1.54) is 19.1 Å². The Hall–Kier alpha value is -3.61. The average Bonchev–Trinajstić information content (AvgIpc) is 3.04. The van der Waals surface area contributed by atoms with Crippen LogP contribution in [0.2, 0.25) is 0 Å². The third-order valence-electron chi connectivity index (χ3n) is 5.89. The number of carbonyl (C=O) groups is 3. The minimum absolute atomic E-state index is 0.00667. The molecule has 0 aromatic heterocycles. The number of hydrogen-bond acceptors (Lipinski definition) is 5. The summed E-state index contributed by atoms with van der Waals surface area (Å²) in [6.45, 7) is 1.95. The number of fused-ring (bicyclic) bond motifs is 1. The first-order valence-electron chi connectivity index (χ1n) is 10.1. The highest BCUT2D eigenvalue weighted by molar-refractivity contribution is 6.22. The number of nitrogens with zero attached hydrogens (tertiary/aromatic N) is 1. The lowest BCUT2D eigenvalue weighted by atomic mass is 9.78. The number of anilines is 2. The van der Waals surface area contributed by atoms with Gasteiger partial charge in [0.05, 0.1) is 37.4 Å². The molecule has 7 heteroatoms.